The van der Waals surface area contributed by atoms with Crippen molar-refractivity contribution in [3.05, 3.63) is 30.3 Å². The summed E-state index contributed by atoms with van der Waals surface area (Å²) in [5.41, 5.74) is 0.813. The van der Waals surface area contributed by atoms with Gasteiger partial charge < -0.3 is 10.0 Å². The summed E-state index contributed by atoms with van der Waals surface area (Å²) in [4.78, 5) is 12.6. The van der Waals surface area contributed by atoms with Crippen molar-refractivity contribution < 1.29 is 18.3 Å². The highest BCUT2D eigenvalue weighted by Crippen LogP contribution is 2.13. The molecule has 1 aromatic carbocycles. The van der Waals surface area contributed by atoms with Crippen molar-refractivity contribution in [1.29, 1.82) is 0 Å². The molecule has 0 aliphatic heterocycles. The number of carboxylic acid groups (broad SMARTS) is 1. The summed E-state index contributed by atoms with van der Waals surface area (Å²) in [7, 11) is -3.19. The van der Waals surface area contributed by atoms with Crippen molar-refractivity contribution in [2.75, 3.05) is 30.3 Å². The summed E-state index contributed by atoms with van der Waals surface area (Å²) in [5, 5.41) is 8.92. The van der Waals surface area contributed by atoms with Crippen molar-refractivity contribution in [2.45, 2.75) is 13.3 Å². The zero-order valence-corrected chi connectivity index (χ0v) is 12.3. The Kier molecular flexibility index (Phi) is 6.47. The van der Waals surface area contributed by atoms with Crippen LogP contribution in [-0.4, -0.2) is 44.9 Å². The lowest BCUT2D eigenvalue weighted by atomic mass is 10.2. The van der Waals surface area contributed by atoms with Crippen molar-refractivity contribution in [1.82, 2.24) is 4.72 Å². The number of carboxylic acids is 1. The van der Waals surface area contributed by atoms with Crippen LogP contribution in [0.4, 0.5) is 5.69 Å². The largest absolute Gasteiger partial charge is 0.480 e. The van der Waals surface area contributed by atoms with E-state index in [-0.39, 0.29) is 12.3 Å². The van der Waals surface area contributed by atoms with Gasteiger partial charge >= 0.3 is 5.97 Å². The van der Waals surface area contributed by atoms with E-state index in [1.807, 2.05) is 30.3 Å². The minimum Gasteiger partial charge on any atom is -0.480 e. The molecule has 7 heteroatoms. The third-order valence-electron chi connectivity index (χ3n) is 2.75. The molecule has 0 aliphatic rings. The average Bonchev–Trinajstić information content (AvgIpc) is 2.43. The van der Waals surface area contributed by atoms with Gasteiger partial charge in [0.2, 0.25) is 10.0 Å². The van der Waals surface area contributed by atoms with Gasteiger partial charge in [-0.1, -0.05) is 18.2 Å². The van der Waals surface area contributed by atoms with E-state index in [4.69, 9.17) is 5.11 Å². The zero-order valence-electron chi connectivity index (χ0n) is 11.4. The maximum absolute atomic E-state index is 11.3. The molecule has 6 nitrogen and oxygen atoms in total. The monoisotopic (exact) mass is 300 g/mol. The Bertz CT molecular complexity index is 516. The third kappa shape index (κ3) is 6.03. The molecule has 1 aromatic rings. The van der Waals surface area contributed by atoms with Gasteiger partial charge in [0.15, 0.2) is 0 Å². The molecular weight excluding hydrogens is 280 g/mol. The van der Waals surface area contributed by atoms with E-state index in [2.05, 4.69) is 4.72 Å². The van der Waals surface area contributed by atoms with Crippen LogP contribution in [-0.2, 0) is 14.8 Å². The third-order valence-corrected chi connectivity index (χ3v) is 4.16. The quantitative estimate of drug-likeness (QED) is 0.662. The summed E-state index contributed by atoms with van der Waals surface area (Å²) >= 11 is 0. The maximum atomic E-state index is 11.3. The molecule has 1 rings (SSSR count). The molecule has 0 aliphatic carbocycles. The lowest BCUT2D eigenvalue weighted by Crippen LogP contribution is -2.33. The lowest BCUT2D eigenvalue weighted by Gasteiger charge is -2.22. The van der Waals surface area contributed by atoms with E-state index in [1.165, 1.54) is 0 Å². The summed E-state index contributed by atoms with van der Waals surface area (Å²) in [5.74, 6) is -0.868. The number of aliphatic carboxylic acids is 1. The highest BCUT2D eigenvalue weighted by atomic mass is 32.2. The Morgan fingerprint density at radius 2 is 1.95 bits per heavy atom. The lowest BCUT2D eigenvalue weighted by molar-refractivity contribution is -0.135. The van der Waals surface area contributed by atoms with Crippen molar-refractivity contribution in [2.24, 2.45) is 0 Å². The SMILES string of the molecule is CCS(=O)(=O)NCCCN(CC(=O)O)c1ccccc1. The van der Waals surface area contributed by atoms with Crippen LogP contribution in [0.3, 0.4) is 0 Å². The molecule has 112 valence electrons. The highest BCUT2D eigenvalue weighted by Gasteiger charge is 2.11. The topological polar surface area (TPSA) is 86.7 Å². The number of benzene rings is 1. The molecule has 0 heterocycles. The fraction of sp³-hybridized carbons (Fsp3) is 0.462. The predicted octanol–water partition coefficient (Wildman–Crippen LogP) is 0.907. The first-order chi connectivity index (χ1) is 9.44. The van der Waals surface area contributed by atoms with Gasteiger partial charge in [-0.3, -0.25) is 4.79 Å². The van der Waals surface area contributed by atoms with Crippen LogP contribution in [0.2, 0.25) is 0 Å². The van der Waals surface area contributed by atoms with Gasteiger partial charge in [-0.15, -0.1) is 0 Å². The van der Waals surface area contributed by atoms with Crippen LogP contribution in [0.25, 0.3) is 0 Å². The molecular formula is C13H20N2O4S. The Morgan fingerprint density at radius 1 is 1.30 bits per heavy atom. The molecule has 0 saturated heterocycles. The number of para-hydroxylation sites is 1. The Hall–Kier alpha value is -1.60. The first-order valence-corrected chi connectivity index (χ1v) is 8.09. The number of nitrogens with one attached hydrogen (secondary N) is 1. The van der Waals surface area contributed by atoms with Crippen molar-refractivity contribution in [3.63, 3.8) is 0 Å². The van der Waals surface area contributed by atoms with E-state index in [0.717, 1.165) is 5.69 Å². The number of hydrogen-bond donors (Lipinski definition) is 2. The van der Waals surface area contributed by atoms with Crippen molar-refractivity contribution >= 4 is 21.7 Å². The Morgan fingerprint density at radius 3 is 2.50 bits per heavy atom. The van der Waals surface area contributed by atoms with Crippen LogP contribution in [0.5, 0.6) is 0 Å². The van der Waals surface area contributed by atoms with E-state index in [0.29, 0.717) is 19.5 Å². The zero-order chi connectivity index (χ0) is 15.0. The number of hydrogen-bond acceptors (Lipinski definition) is 4. The fourth-order valence-electron chi connectivity index (χ4n) is 1.70. The Balaban J connectivity index is 2.52. The van der Waals surface area contributed by atoms with Crippen LogP contribution in [0, 0.1) is 0 Å². The molecule has 0 spiro atoms. The second-order valence-corrected chi connectivity index (χ2v) is 6.40. The number of anilines is 1. The standard InChI is InChI=1S/C13H20N2O4S/c1-2-20(18,19)14-9-6-10-15(11-13(16)17)12-7-4-3-5-8-12/h3-5,7-8,14H,2,6,9-11H2,1H3,(H,16,17). The first kappa shape index (κ1) is 16.5. The van der Waals surface area contributed by atoms with Crippen LogP contribution in [0.1, 0.15) is 13.3 Å². The van der Waals surface area contributed by atoms with Gasteiger partial charge in [0.25, 0.3) is 0 Å². The van der Waals surface area contributed by atoms with Gasteiger partial charge in [0.05, 0.1) is 5.75 Å². The average molecular weight is 300 g/mol. The maximum Gasteiger partial charge on any atom is 0.323 e. The number of rotatable bonds is 9. The molecule has 0 unspecified atom stereocenters. The molecule has 0 saturated carbocycles. The van der Waals surface area contributed by atoms with Gasteiger partial charge in [0.1, 0.15) is 6.54 Å². The molecule has 0 atom stereocenters. The molecule has 0 fully saturated rings. The van der Waals surface area contributed by atoms with Gasteiger partial charge in [-0.05, 0) is 25.5 Å². The van der Waals surface area contributed by atoms with Gasteiger partial charge in [-0.25, -0.2) is 13.1 Å². The number of sulfonamides is 1. The highest BCUT2D eigenvalue weighted by molar-refractivity contribution is 7.89. The van der Waals surface area contributed by atoms with E-state index < -0.39 is 16.0 Å². The second kappa shape index (κ2) is 7.86. The first-order valence-electron chi connectivity index (χ1n) is 6.43. The van der Waals surface area contributed by atoms with Gasteiger partial charge in [0, 0.05) is 18.8 Å². The minimum atomic E-state index is -3.19. The number of nitrogens with zero attached hydrogens (tertiary/aromatic N) is 1. The summed E-state index contributed by atoms with van der Waals surface area (Å²) in [6, 6.07) is 9.20. The van der Waals surface area contributed by atoms with E-state index >= 15 is 0 Å². The smallest absolute Gasteiger partial charge is 0.323 e. The van der Waals surface area contributed by atoms with Gasteiger partial charge in [-0.2, -0.15) is 0 Å². The molecule has 0 amide bonds. The Labute approximate surface area is 119 Å². The van der Waals surface area contributed by atoms with Crippen LogP contribution < -0.4 is 9.62 Å². The van der Waals surface area contributed by atoms with Crippen molar-refractivity contribution in [3.8, 4) is 0 Å². The molecule has 0 radical (unpaired) electrons. The van der Waals surface area contributed by atoms with Crippen LogP contribution in [0.15, 0.2) is 30.3 Å². The summed E-state index contributed by atoms with van der Waals surface area (Å²) in [6.45, 7) is 2.25. The molecule has 0 bridgehead atoms. The van der Waals surface area contributed by atoms with Crippen LogP contribution >= 0.6 is 0 Å². The molecule has 0 aromatic heterocycles. The van der Waals surface area contributed by atoms with E-state index in [9.17, 15) is 13.2 Å². The normalized spacial score (nSPS) is 11.2. The summed E-state index contributed by atoms with van der Waals surface area (Å²) < 4.78 is 25.0. The predicted molar refractivity (Wildman–Crippen MR) is 78.4 cm³/mol. The minimum absolute atomic E-state index is 0.0462. The molecule has 20 heavy (non-hydrogen) atoms. The molecule has 2 N–H and O–H groups in total. The summed E-state index contributed by atoms with van der Waals surface area (Å²) in [6.07, 6.45) is 0.543. The fourth-order valence-corrected chi connectivity index (χ4v) is 2.36. The number of carbonyl (C=O) groups is 1. The van der Waals surface area contributed by atoms with E-state index in [1.54, 1.807) is 11.8 Å². The second-order valence-electron chi connectivity index (χ2n) is 4.30.